The third-order valence-corrected chi connectivity index (χ3v) is 6.09. The lowest BCUT2D eigenvalue weighted by molar-refractivity contribution is -0.124. The number of carbonyl (C=O) groups excluding carboxylic acids is 2. The number of nitrogens with one attached hydrogen (secondary N) is 2. The van der Waals surface area contributed by atoms with Gasteiger partial charge < -0.3 is 15.0 Å². The molecule has 2 heterocycles. The molecular formula is C24H16ClF2N3O3. The number of hydrogen-bond acceptors (Lipinski definition) is 3. The van der Waals surface area contributed by atoms with E-state index in [1.807, 2.05) is 0 Å². The van der Waals surface area contributed by atoms with Crippen molar-refractivity contribution >= 4 is 34.3 Å². The number of imide groups is 1. The number of halogens is 3. The van der Waals surface area contributed by atoms with Gasteiger partial charge in [0.05, 0.1) is 11.6 Å². The fourth-order valence-corrected chi connectivity index (χ4v) is 4.30. The second-order valence-electron chi connectivity index (χ2n) is 7.83. The standard InChI is InChI=1S/C24H16ClF2N3O3/c25-19-9-14(4-8-20(19)27)13-1-5-16(6-2-13)24(22(32)28-23(33)29-24)12-30-11-15-3-7-17(26)10-18(15)21(30)31/h1-11,31H,12H2,(H2,28,29,32,33)/t24-/m1/s1. The zero-order valence-corrected chi connectivity index (χ0v) is 17.7. The van der Waals surface area contributed by atoms with Crippen LogP contribution in [0.15, 0.2) is 66.9 Å². The van der Waals surface area contributed by atoms with Crippen molar-refractivity contribution in [3.8, 4) is 17.0 Å². The Hall–Kier alpha value is -3.91. The zero-order chi connectivity index (χ0) is 23.3. The summed E-state index contributed by atoms with van der Waals surface area (Å²) in [5, 5.41) is 16.4. The summed E-state index contributed by atoms with van der Waals surface area (Å²) < 4.78 is 28.5. The molecule has 1 aliphatic heterocycles. The van der Waals surface area contributed by atoms with Crippen molar-refractivity contribution < 1.29 is 23.5 Å². The predicted molar refractivity (Wildman–Crippen MR) is 119 cm³/mol. The van der Waals surface area contributed by atoms with E-state index in [0.717, 1.165) is 5.56 Å². The van der Waals surface area contributed by atoms with Crippen LogP contribution in [0, 0.1) is 11.6 Å². The lowest BCUT2D eigenvalue weighted by Gasteiger charge is -2.27. The highest BCUT2D eigenvalue weighted by Crippen LogP contribution is 2.34. The van der Waals surface area contributed by atoms with Crippen LogP contribution in [0.25, 0.3) is 21.9 Å². The molecule has 0 radical (unpaired) electrons. The second-order valence-corrected chi connectivity index (χ2v) is 8.24. The van der Waals surface area contributed by atoms with Crippen LogP contribution in [0.4, 0.5) is 13.6 Å². The van der Waals surface area contributed by atoms with Crippen LogP contribution in [0.1, 0.15) is 5.56 Å². The first-order chi connectivity index (χ1) is 15.8. The first-order valence-electron chi connectivity index (χ1n) is 9.94. The fourth-order valence-electron chi connectivity index (χ4n) is 4.11. The zero-order valence-electron chi connectivity index (χ0n) is 16.9. The molecule has 3 N–H and O–H groups in total. The lowest BCUT2D eigenvalue weighted by atomic mass is 9.88. The van der Waals surface area contributed by atoms with E-state index in [9.17, 15) is 23.5 Å². The van der Waals surface area contributed by atoms with E-state index in [1.165, 1.54) is 34.9 Å². The summed E-state index contributed by atoms with van der Waals surface area (Å²) in [6.07, 6.45) is 1.58. The van der Waals surface area contributed by atoms with Gasteiger partial charge in [-0.05, 0) is 47.0 Å². The highest BCUT2D eigenvalue weighted by atomic mass is 35.5. The van der Waals surface area contributed by atoms with Gasteiger partial charge in [0.1, 0.15) is 11.6 Å². The molecule has 0 aliphatic carbocycles. The Morgan fingerprint density at radius 2 is 1.70 bits per heavy atom. The van der Waals surface area contributed by atoms with E-state index in [1.54, 1.807) is 36.5 Å². The van der Waals surface area contributed by atoms with Crippen molar-refractivity contribution in [1.82, 2.24) is 15.2 Å². The number of aromatic nitrogens is 1. The van der Waals surface area contributed by atoms with Crippen molar-refractivity contribution in [3.63, 3.8) is 0 Å². The molecule has 33 heavy (non-hydrogen) atoms. The lowest BCUT2D eigenvalue weighted by Crippen LogP contribution is -2.47. The average Bonchev–Trinajstić information content (AvgIpc) is 3.25. The molecule has 1 saturated heterocycles. The van der Waals surface area contributed by atoms with Gasteiger partial charge in [-0.25, -0.2) is 13.6 Å². The molecule has 6 nitrogen and oxygen atoms in total. The van der Waals surface area contributed by atoms with Gasteiger partial charge in [-0.1, -0.05) is 41.9 Å². The highest BCUT2D eigenvalue weighted by Gasteiger charge is 2.48. The van der Waals surface area contributed by atoms with Crippen LogP contribution in [0.2, 0.25) is 5.02 Å². The minimum atomic E-state index is -1.51. The number of aromatic hydroxyl groups is 1. The number of benzene rings is 3. The Balaban J connectivity index is 1.56. The molecule has 166 valence electrons. The van der Waals surface area contributed by atoms with Crippen LogP contribution in [0.5, 0.6) is 5.88 Å². The summed E-state index contributed by atoms with van der Waals surface area (Å²) in [5.41, 5.74) is 0.358. The van der Waals surface area contributed by atoms with E-state index in [-0.39, 0.29) is 17.4 Å². The van der Waals surface area contributed by atoms with Crippen LogP contribution in [-0.4, -0.2) is 21.6 Å². The number of fused-ring (bicyclic) bond motifs is 1. The average molecular weight is 468 g/mol. The number of rotatable bonds is 4. The van der Waals surface area contributed by atoms with Gasteiger partial charge in [0.15, 0.2) is 11.4 Å². The van der Waals surface area contributed by atoms with Crippen LogP contribution in [-0.2, 0) is 16.9 Å². The molecule has 0 saturated carbocycles. The summed E-state index contributed by atoms with van der Waals surface area (Å²) in [6.45, 7) is -0.131. The van der Waals surface area contributed by atoms with Crippen molar-refractivity contribution in [3.05, 3.63) is 89.1 Å². The normalized spacial score (nSPS) is 17.9. The minimum Gasteiger partial charge on any atom is -0.494 e. The Morgan fingerprint density at radius 1 is 0.970 bits per heavy atom. The first-order valence-corrected chi connectivity index (χ1v) is 10.3. The Bertz CT molecular complexity index is 1440. The maximum Gasteiger partial charge on any atom is 0.322 e. The molecule has 3 amide bonds. The Kier molecular flexibility index (Phi) is 4.83. The molecule has 0 unspecified atom stereocenters. The number of nitrogens with zero attached hydrogens (tertiary/aromatic N) is 1. The quantitative estimate of drug-likeness (QED) is 0.381. The summed E-state index contributed by atoms with van der Waals surface area (Å²) in [7, 11) is 0. The van der Waals surface area contributed by atoms with Gasteiger partial charge in [-0.15, -0.1) is 0 Å². The number of amides is 3. The van der Waals surface area contributed by atoms with Gasteiger partial charge in [-0.3, -0.25) is 10.1 Å². The van der Waals surface area contributed by atoms with E-state index in [4.69, 9.17) is 11.6 Å². The van der Waals surface area contributed by atoms with Gasteiger partial charge in [0.2, 0.25) is 0 Å². The summed E-state index contributed by atoms with van der Waals surface area (Å²) in [6, 6.07) is 14.4. The molecule has 5 rings (SSSR count). The van der Waals surface area contributed by atoms with E-state index in [2.05, 4.69) is 10.6 Å². The molecule has 1 aliphatic rings. The van der Waals surface area contributed by atoms with E-state index in [0.29, 0.717) is 21.9 Å². The van der Waals surface area contributed by atoms with Gasteiger partial charge in [0.25, 0.3) is 5.91 Å². The number of hydrogen-bond donors (Lipinski definition) is 3. The molecule has 1 fully saturated rings. The number of urea groups is 1. The molecule has 4 aromatic rings. The maximum atomic E-state index is 13.6. The number of carbonyl (C=O) groups is 2. The third kappa shape index (κ3) is 3.48. The molecular weight excluding hydrogens is 452 g/mol. The Morgan fingerprint density at radius 3 is 2.36 bits per heavy atom. The van der Waals surface area contributed by atoms with Crippen molar-refractivity contribution in [1.29, 1.82) is 0 Å². The molecule has 3 aromatic carbocycles. The summed E-state index contributed by atoms with van der Waals surface area (Å²) in [5.74, 6) is -1.85. The fraction of sp³-hybridized carbons (Fsp3) is 0.0833. The molecule has 9 heteroatoms. The maximum absolute atomic E-state index is 13.6. The largest absolute Gasteiger partial charge is 0.494 e. The van der Waals surface area contributed by atoms with Crippen molar-refractivity contribution in [2.45, 2.75) is 12.1 Å². The smallest absolute Gasteiger partial charge is 0.322 e. The minimum absolute atomic E-state index is 0.0120. The van der Waals surface area contributed by atoms with Crippen LogP contribution in [0.3, 0.4) is 0 Å². The van der Waals surface area contributed by atoms with Gasteiger partial charge >= 0.3 is 6.03 Å². The first kappa shape index (κ1) is 21.0. The summed E-state index contributed by atoms with van der Waals surface area (Å²) >= 11 is 5.88. The third-order valence-electron chi connectivity index (χ3n) is 5.80. The van der Waals surface area contributed by atoms with Gasteiger partial charge in [-0.2, -0.15) is 0 Å². The van der Waals surface area contributed by atoms with E-state index >= 15 is 0 Å². The molecule has 1 aromatic heterocycles. The van der Waals surface area contributed by atoms with Crippen molar-refractivity contribution in [2.24, 2.45) is 0 Å². The Labute approximate surface area is 191 Å². The highest BCUT2D eigenvalue weighted by molar-refractivity contribution is 6.31. The van der Waals surface area contributed by atoms with Crippen molar-refractivity contribution in [2.75, 3.05) is 0 Å². The SMILES string of the molecule is O=C1NC(=O)[C@@](Cn2cc3ccc(F)cc3c2O)(c2ccc(-c3ccc(F)c(Cl)c3)cc2)N1. The molecule has 1 atom stereocenters. The second kappa shape index (κ2) is 7.60. The predicted octanol–water partition coefficient (Wildman–Crippen LogP) is 4.68. The summed E-state index contributed by atoms with van der Waals surface area (Å²) in [4.78, 5) is 25.0. The molecule has 0 bridgehead atoms. The topological polar surface area (TPSA) is 83.4 Å². The monoisotopic (exact) mass is 467 g/mol. The van der Waals surface area contributed by atoms with Crippen LogP contribution < -0.4 is 10.6 Å². The van der Waals surface area contributed by atoms with E-state index < -0.39 is 29.1 Å². The molecule has 0 spiro atoms. The van der Waals surface area contributed by atoms with Crippen LogP contribution >= 0.6 is 11.6 Å². The van der Waals surface area contributed by atoms with Gasteiger partial charge in [0, 0.05) is 17.0 Å².